The third kappa shape index (κ3) is 5.86. The minimum Gasteiger partial charge on any atom is -0.387 e. The maximum atomic E-state index is 13.1. The molecule has 0 radical (unpaired) electrons. The molecule has 4 aromatic rings. The number of nitrogens with one attached hydrogen (secondary N) is 1. The van der Waals surface area contributed by atoms with Crippen molar-refractivity contribution in [2.45, 2.75) is 12.6 Å². The van der Waals surface area contributed by atoms with Crippen molar-refractivity contribution in [1.82, 2.24) is 19.8 Å². The first-order chi connectivity index (χ1) is 17.2. The molecule has 7 nitrogen and oxygen atoms in total. The number of fused-ring (bicyclic) bond motifs is 1. The van der Waals surface area contributed by atoms with Crippen LogP contribution in [0.15, 0.2) is 70.8 Å². The number of nitrogens with zero attached hydrogens (tertiary/aromatic N) is 3. The van der Waals surface area contributed by atoms with Gasteiger partial charge >= 0.3 is 0 Å². The van der Waals surface area contributed by atoms with Crippen molar-refractivity contribution in [3.63, 3.8) is 0 Å². The number of H-pyrrole nitrogens is 1. The molecule has 3 heterocycles. The third-order valence-electron chi connectivity index (χ3n) is 6.40. The van der Waals surface area contributed by atoms with Crippen LogP contribution in [0.5, 0.6) is 0 Å². The van der Waals surface area contributed by atoms with Crippen molar-refractivity contribution in [3.05, 3.63) is 87.8 Å². The summed E-state index contributed by atoms with van der Waals surface area (Å²) in [5.41, 5.74) is 2.68. The fourth-order valence-corrected chi connectivity index (χ4v) is 5.44. The highest BCUT2D eigenvalue weighted by Crippen LogP contribution is 2.30. The number of morpholine rings is 1. The number of ether oxygens (including phenoxy) is 1. The van der Waals surface area contributed by atoms with E-state index in [4.69, 9.17) is 9.72 Å². The summed E-state index contributed by atoms with van der Waals surface area (Å²) in [5.74, 6) is 0.617. The first kappa shape index (κ1) is 23.8. The molecule has 35 heavy (non-hydrogen) atoms. The molecule has 1 saturated heterocycles. The van der Waals surface area contributed by atoms with E-state index in [2.05, 4.69) is 14.8 Å². The zero-order valence-electron chi connectivity index (χ0n) is 19.6. The first-order valence-electron chi connectivity index (χ1n) is 12.0. The smallest absolute Gasteiger partial charge is 0.260 e. The minimum absolute atomic E-state index is 0.123. The second kappa shape index (κ2) is 11.2. The number of benzene rings is 2. The van der Waals surface area contributed by atoms with E-state index in [0.29, 0.717) is 24.3 Å². The van der Waals surface area contributed by atoms with E-state index in [1.807, 2.05) is 66.0 Å². The van der Waals surface area contributed by atoms with Gasteiger partial charge in [-0.05, 0) is 11.1 Å². The van der Waals surface area contributed by atoms with Gasteiger partial charge in [-0.15, -0.1) is 11.3 Å². The molecular formula is C27H30N4O3S. The molecule has 182 valence electrons. The summed E-state index contributed by atoms with van der Waals surface area (Å²) in [5, 5.41) is 13.5. The zero-order valence-corrected chi connectivity index (χ0v) is 20.4. The molecule has 0 bridgehead atoms. The van der Waals surface area contributed by atoms with Gasteiger partial charge in [0.2, 0.25) is 0 Å². The Morgan fingerprint density at radius 3 is 2.54 bits per heavy atom. The van der Waals surface area contributed by atoms with E-state index in [0.717, 1.165) is 60.9 Å². The normalized spacial score (nSPS) is 15.6. The number of aliphatic hydroxyl groups excluding tert-OH is 1. The van der Waals surface area contributed by atoms with E-state index < -0.39 is 6.10 Å². The minimum atomic E-state index is -0.622. The quantitative estimate of drug-likeness (QED) is 0.374. The predicted octanol–water partition coefficient (Wildman–Crippen LogP) is 3.52. The average molecular weight is 491 g/mol. The number of hydrogen-bond acceptors (Lipinski definition) is 7. The van der Waals surface area contributed by atoms with Gasteiger partial charge in [0.15, 0.2) is 0 Å². The average Bonchev–Trinajstić information content (AvgIpc) is 3.33. The summed E-state index contributed by atoms with van der Waals surface area (Å²) < 4.78 is 5.47. The van der Waals surface area contributed by atoms with E-state index in [1.54, 1.807) is 0 Å². The molecule has 1 fully saturated rings. The number of rotatable bonds is 9. The van der Waals surface area contributed by atoms with Crippen molar-refractivity contribution in [2.24, 2.45) is 0 Å². The first-order valence-corrected chi connectivity index (χ1v) is 12.9. The molecule has 0 spiro atoms. The van der Waals surface area contributed by atoms with Gasteiger partial charge in [0, 0.05) is 43.7 Å². The molecule has 1 aliphatic heterocycles. The van der Waals surface area contributed by atoms with Crippen molar-refractivity contribution in [3.8, 4) is 11.1 Å². The fraction of sp³-hybridized carbons (Fsp3) is 0.333. The summed E-state index contributed by atoms with van der Waals surface area (Å²) in [6.07, 6.45) is -0.622. The number of aromatic nitrogens is 2. The number of hydrogen-bond donors (Lipinski definition) is 2. The Labute approximate surface area is 208 Å². The fourth-order valence-electron chi connectivity index (χ4n) is 4.48. The second-order valence-electron chi connectivity index (χ2n) is 8.82. The lowest BCUT2D eigenvalue weighted by atomic mass is 10.1. The van der Waals surface area contributed by atoms with Gasteiger partial charge in [0.25, 0.3) is 5.56 Å². The van der Waals surface area contributed by atoms with Gasteiger partial charge in [-0.1, -0.05) is 60.7 Å². The van der Waals surface area contributed by atoms with E-state index >= 15 is 0 Å². The zero-order chi connectivity index (χ0) is 24.0. The topological polar surface area (TPSA) is 81.7 Å². The SMILES string of the molecule is O=c1[nH]c(CN(CCN2CCOCC2)CC(O)c2ccccc2)nc2scc(-c3ccccc3)c12. The van der Waals surface area contributed by atoms with Gasteiger partial charge < -0.3 is 14.8 Å². The third-order valence-corrected chi connectivity index (χ3v) is 7.28. The molecule has 5 rings (SSSR count). The number of thiophene rings is 1. The van der Waals surface area contributed by atoms with Crippen molar-refractivity contribution >= 4 is 21.6 Å². The standard InChI is InChI=1S/C27H30N4O3S/c32-23(21-9-5-2-6-10-21)17-31(12-11-30-13-15-34-16-14-30)18-24-28-26(33)25-22(19-35-27(25)29-24)20-7-3-1-4-8-20/h1-10,19,23,32H,11-18H2,(H,28,29,33). The maximum Gasteiger partial charge on any atom is 0.260 e. The van der Waals surface area contributed by atoms with Gasteiger partial charge in [0.1, 0.15) is 10.7 Å². The van der Waals surface area contributed by atoms with Crippen molar-refractivity contribution in [2.75, 3.05) is 45.9 Å². The molecule has 2 N–H and O–H groups in total. The molecule has 0 saturated carbocycles. The van der Waals surface area contributed by atoms with Crippen LogP contribution in [-0.4, -0.2) is 70.8 Å². The van der Waals surface area contributed by atoms with Gasteiger partial charge in [-0.25, -0.2) is 4.98 Å². The molecule has 1 unspecified atom stereocenters. The molecule has 2 aromatic carbocycles. The van der Waals surface area contributed by atoms with E-state index in [-0.39, 0.29) is 5.56 Å². The summed E-state index contributed by atoms with van der Waals surface area (Å²) in [6, 6.07) is 19.6. The number of aliphatic hydroxyl groups is 1. The molecule has 1 aliphatic rings. The van der Waals surface area contributed by atoms with Crippen LogP contribution in [0.3, 0.4) is 0 Å². The second-order valence-corrected chi connectivity index (χ2v) is 9.68. The number of aromatic amines is 1. The van der Waals surface area contributed by atoms with Crippen LogP contribution >= 0.6 is 11.3 Å². The Kier molecular flexibility index (Phi) is 7.66. The highest BCUT2D eigenvalue weighted by Gasteiger charge is 2.19. The lowest BCUT2D eigenvalue weighted by molar-refractivity contribution is 0.0288. The van der Waals surface area contributed by atoms with E-state index in [1.165, 1.54) is 11.3 Å². The molecule has 2 aromatic heterocycles. The van der Waals surface area contributed by atoms with Crippen LogP contribution in [0.25, 0.3) is 21.3 Å². The van der Waals surface area contributed by atoms with Crippen molar-refractivity contribution in [1.29, 1.82) is 0 Å². The van der Waals surface area contributed by atoms with Crippen LogP contribution in [0.4, 0.5) is 0 Å². The monoisotopic (exact) mass is 490 g/mol. The van der Waals surface area contributed by atoms with Crippen LogP contribution in [0, 0.1) is 0 Å². The highest BCUT2D eigenvalue weighted by molar-refractivity contribution is 7.17. The molecule has 1 atom stereocenters. The summed E-state index contributed by atoms with van der Waals surface area (Å²) in [4.78, 5) is 26.2. The van der Waals surface area contributed by atoms with Gasteiger partial charge in [0.05, 0.1) is 31.2 Å². The predicted molar refractivity (Wildman–Crippen MR) is 140 cm³/mol. The van der Waals surface area contributed by atoms with Crippen LogP contribution in [-0.2, 0) is 11.3 Å². The Morgan fingerprint density at radius 1 is 1.09 bits per heavy atom. The van der Waals surface area contributed by atoms with Gasteiger partial charge in [-0.3, -0.25) is 14.6 Å². The van der Waals surface area contributed by atoms with Crippen LogP contribution < -0.4 is 5.56 Å². The summed E-state index contributed by atoms with van der Waals surface area (Å²) in [7, 11) is 0. The molecule has 0 amide bonds. The lowest BCUT2D eigenvalue weighted by Crippen LogP contribution is -2.42. The lowest BCUT2D eigenvalue weighted by Gasteiger charge is -2.30. The summed E-state index contributed by atoms with van der Waals surface area (Å²) >= 11 is 1.49. The Balaban J connectivity index is 1.37. The van der Waals surface area contributed by atoms with Crippen molar-refractivity contribution < 1.29 is 9.84 Å². The summed E-state index contributed by atoms with van der Waals surface area (Å²) in [6.45, 7) is 5.86. The Bertz CT molecular complexity index is 1290. The Hall–Kier alpha value is -2.88. The van der Waals surface area contributed by atoms with E-state index in [9.17, 15) is 9.90 Å². The maximum absolute atomic E-state index is 13.1. The Morgan fingerprint density at radius 2 is 1.80 bits per heavy atom. The van der Waals surface area contributed by atoms with Gasteiger partial charge in [-0.2, -0.15) is 0 Å². The highest BCUT2D eigenvalue weighted by atomic mass is 32.1. The van der Waals surface area contributed by atoms with Crippen LogP contribution in [0.1, 0.15) is 17.5 Å². The molecule has 0 aliphatic carbocycles. The van der Waals surface area contributed by atoms with Crippen LogP contribution in [0.2, 0.25) is 0 Å². The molecule has 8 heteroatoms. The largest absolute Gasteiger partial charge is 0.387 e. The molecular weight excluding hydrogens is 460 g/mol.